The Morgan fingerprint density at radius 3 is 2.45 bits per heavy atom. The summed E-state index contributed by atoms with van der Waals surface area (Å²) in [6, 6.07) is 6.02. The first-order chi connectivity index (χ1) is 9.74. The molecule has 0 radical (unpaired) electrons. The second-order valence-electron chi connectivity index (χ2n) is 4.82. The van der Waals surface area contributed by atoms with E-state index in [4.69, 9.17) is 0 Å². The quantitative estimate of drug-likeness (QED) is 0.788. The molecular formula is C15H15N5. The predicted octanol–water partition coefficient (Wildman–Crippen LogP) is 2.91. The van der Waals surface area contributed by atoms with Gasteiger partial charge in [0.15, 0.2) is 5.82 Å². The van der Waals surface area contributed by atoms with Gasteiger partial charge in [0.2, 0.25) is 0 Å². The van der Waals surface area contributed by atoms with Gasteiger partial charge < -0.3 is 5.32 Å². The van der Waals surface area contributed by atoms with Gasteiger partial charge in [-0.2, -0.15) is 0 Å². The number of hydrogen-bond acceptors (Lipinski definition) is 5. The summed E-state index contributed by atoms with van der Waals surface area (Å²) in [5.74, 6) is 1.51. The number of nitrogens with one attached hydrogen (secondary N) is 1. The molecule has 5 heteroatoms. The normalized spacial score (nSPS) is 10.9. The molecule has 0 amide bonds. The van der Waals surface area contributed by atoms with Crippen LogP contribution in [0.3, 0.4) is 0 Å². The third kappa shape index (κ3) is 2.42. The smallest absolute Gasteiger partial charge is 0.162 e. The number of fused-ring (bicyclic) bond motifs is 1. The van der Waals surface area contributed by atoms with Gasteiger partial charge in [-0.15, -0.1) is 0 Å². The summed E-state index contributed by atoms with van der Waals surface area (Å²) in [5.41, 5.74) is 1.77. The molecule has 0 saturated carbocycles. The van der Waals surface area contributed by atoms with Crippen molar-refractivity contribution < 1.29 is 0 Å². The fraction of sp³-hybridized carbons (Fsp3) is 0.200. The third-order valence-electron chi connectivity index (χ3n) is 2.86. The van der Waals surface area contributed by atoms with Gasteiger partial charge in [0, 0.05) is 35.6 Å². The highest BCUT2D eigenvalue weighted by atomic mass is 15.0. The van der Waals surface area contributed by atoms with E-state index >= 15 is 0 Å². The van der Waals surface area contributed by atoms with Gasteiger partial charge in [-0.05, 0) is 32.0 Å². The first-order valence-electron chi connectivity index (χ1n) is 6.53. The minimum absolute atomic E-state index is 0.298. The molecule has 3 heterocycles. The monoisotopic (exact) mass is 265 g/mol. The van der Waals surface area contributed by atoms with Crippen molar-refractivity contribution in [1.29, 1.82) is 0 Å². The van der Waals surface area contributed by atoms with Crippen molar-refractivity contribution >= 4 is 16.7 Å². The fourth-order valence-electron chi connectivity index (χ4n) is 1.99. The van der Waals surface area contributed by atoms with Crippen molar-refractivity contribution in [3.05, 3.63) is 43.0 Å². The Bertz CT molecular complexity index is 725. The topological polar surface area (TPSA) is 63.6 Å². The van der Waals surface area contributed by atoms with E-state index in [1.807, 2.05) is 18.2 Å². The molecule has 0 atom stereocenters. The molecular weight excluding hydrogens is 250 g/mol. The molecule has 0 spiro atoms. The van der Waals surface area contributed by atoms with Gasteiger partial charge in [-0.1, -0.05) is 0 Å². The van der Waals surface area contributed by atoms with E-state index in [0.717, 1.165) is 22.3 Å². The van der Waals surface area contributed by atoms with Crippen molar-refractivity contribution in [3.8, 4) is 11.4 Å². The van der Waals surface area contributed by atoms with Gasteiger partial charge in [0.25, 0.3) is 0 Å². The highest BCUT2D eigenvalue weighted by molar-refractivity contribution is 5.89. The van der Waals surface area contributed by atoms with Crippen LogP contribution in [0.1, 0.15) is 13.8 Å². The zero-order valence-corrected chi connectivity index (χ0v) is 11.4. The van der Waals surface area contributed by atoms with Gasteiger partial charge in [-0.3, -0.25) is 9.97 Å². The summed E-state index contributed by atoms with van der Waals surface area (Å²) in [6.45, 7) is 4.17. The average Bonchev–Trinajstić information content (AvgIpc) is 2.47. The lowest BCUT2D eigenvalue weighted by molar-refractivity contribution is 0.891. The van der Waals surface area contributed by atoms with Crippen LogP contribution in [0.25, 0.3) is 22.3 Å². The Kier molecular flexibility index (Phi) is 3.25. The minimum Gasteiger partial charge on any atom is -0.367 e. The summed E-state index contributed by atoms with van der Waals surface area (Å²) >= 11 is 0. The van der Waals surface area contributed by atoms with Crippen LogP contribution in [0.5, 0.6) is 0 Å². The summed E-state index contributed by atoms with van der Waals surface area (Å²) in [6.07, 6.45) is 6.99. The molecule has 0 fully saturated rings. The van der Waals surface area contributed by atoms with Crippen LogP contribution < -0.4 is 5.32 Å². The molecule has 5 nitrogen and oxygen atoms in total. The second kappa shape index (κ2) is 5.21. The van der Waals surface area contributed by atoms with E-state index in [-0.39, 0.29) is 0 Å². The van der Waals surface area contributed by atoms with Crippen molar-refractivity contribution in [2.24, 2.45) is 0 Å². The number of aromatic nitrogens is 4. The number of pyridine rings is 2. The number of rotatable bonds is 3. The molecule has 0 unspecified atom stereocenters. The standard InChI is InChI=1S/C15H15N5/c1-10(2)18-15-12-5-8-17-9-13(12)19-14(20-15)11-3-6-16-7-4-11/h3-10H,1-2H3,(H,18,19,20). The second-order valence-corrected chi connectivity index (χ2v) is 4.82. The van der Waals surface area contributed by atoms with E-state index in [1.54, 1.807) is 24.8 Å². The van der Waals surface area contributed by atoms with Gasteiger partial charge in [-0.25, -0.2) is 9.97 Å². The van der Waals surface area contributed by atoms with Crippen LogP contribution in [0.2, 0.25) is 0 Å². The Morgan fingerprint density at radius 1 is 0.950 bits per heavy atom. The Balaban J connectivity index is 2.20. The number of nitrogens with zero attached hydrogens (tertiary/aromatic N) is 4. The molecule has 0 aliphatic carbocycles. The molecule has 0 saturated heterocycles. The van der Waals surface area contributed by atoms with Crippen LogP contribution in [0.15, 0.2) is 43.0 Å². The highest BCUT2D eigenvalue weighted by Gasteiger charge is 2.10. The molecule has 20 heavy (non-hydrogen) atoms. The average molecular weight is 265 g/mol. The molecule has 0 aliphatic heterocycles. The number of anilines is 1. The SMILES string of the molecule is CC(C)Nc1nc(-c2ccncc2)nc2cnccc12. The van der Waals surface area contributed by atoms with E-state index in [9.17, 15) is 0 Å². The third-order valence-corrected chi connectivity index (χ3v) is 2.86. The molecule has 0 bridgehead atoms. The van der Waals surface area contributed by atoms with Crippen LogP contribution in [-0.2, 0) is 0 Å². The van der Waals surface area contributed by atoms with Gasteiger partial charge >= 0.3 is 0 Å². The summed E-state index contributed by atoms with van der Waals surface area (Å²) in [7, 11) is 0. The molecule has 3 aromatic heterocycles. The molecule has 0 aromatic carbocycles. The zero-order valence-electron chi connectivity index (χ0n) is 11.4. The molecule has 0 aliphatic rings. The molecule has 100 valence electrons. The Hall–Kier alpha value is -2.56. The Morgan fingerprint density at radius 2 is 1.70 bits per heavy atom. The number of hydrogen-bond donors (Lipinski definition) is 1. The largest absolute Gasteiger partial charge is 0.367 e. The van der Waals surface area contributed by atoms with Gasteiger partial charge in [0.05, 0.1) is 11.7 Å². The van der Waals surface area contributed by atoms with Crippen LogP contribution >= 0.6 is 0 Å². The van der Waals surface area contributed by atoms with Crippen molar-refractivity contribution in [3.63, 3.8) is 0 Å². The van der Waals surface area contributed by atoms with Gasteiger partial charge in [0.1, 0.15) is 5.82 Å². The van der Waals surface area contributed by atoms with Crippen LogP contribution in [-0.4, -0.2) is 26.0 Å². The van der Waals surface area contributed by atoms with Crippen LogP contribution in [0.4, 0.5) is 5.82 Å². The van der Waals surface area contributed by atoms with Crippen molar-refractivity contribution in [2.45, 2.75) is 19.9 Å². The minimum atomic E-state index is 0.298. The maximum atomic E-state index is 4.63. The maximum absolute atomic E-state index is 4.63. The van der Waals surface area contributed by atoms with E-state index in [1.165, 1.54) is 0 Å². The maximum Gasteiger partial charge on any atom is 0.162 e. The first-order valence-corrected chi connectivity index (χ1v) is 6.53. The van der Waals surface area contributed by atoms with Crippen LogP contribution in [0, 0.1) is 0 Å². The Labute approximate surface area is 117 Å². The first kappa shape index (κ1) is 12.5. The van der Waals surface area contributed by atoms with Crippen molar-refractivity contribution in [2.75, 3.05) is 5.32 Å². The summed E-state index contributed by atoms with van der Waals surface area (Å²) in [5, 5.41) is 4.34. The lowest BCUT2D eigenvalue weighted by atomic mass is 10.2. The predicted molar refractivity (Wildman–Crippen MR) is 79.3 cm³/mol. The highest BCUT2D eigenvalue weighted by Crippen LogP contribution is 2.24. The summed E-state index contributed by atoms with van der Waals surface area (Å²) < 4.78 is 0. The van der Waals surface area contributed by atoms with E-state index < -0.39 is 0 Å². The lowest BCUT2D eigenvalue weighted by Crippen LogP contribution is -2.12. The summed E-state index contributed by atoms with van der Waals surface area (Å²) in [4.78, 5) is 17.4. The van der Waals surface area contributed by atoms with Crippen molar-refractivity contribution in [1.82, 2.24) is 19.9 Å². The van der Waals surface area contributed by atoms with E-state index in [0.29, 0.717) is 11.9 Å². The zero-order chi connectivity index (χ0) is 13.9. The molecule has 3 aromatic rings. The molecule has 3 rings (SSSR count). The lowest BCUT2D eigenvalue weighted by Gasteiger charge is -2.13. The molecule has 1 N–H and O–H groups in total. The fourth-order valence-corrected chi connectivity index (χ4v) is 1.99. The van der Waals surface area contributed by atoms with E-state index in [2.05, 4.69) is 39.1 Å².